The molecule has 0 fully saturated rings. The lowest BCUT2D eigenvalue weighted by atomic mass is 10.1. The molecule has 0 N–H and O–H groups in total. The molecular formula is C17H22O2SSi. The topological polar surface area (TPSA) is 34.1 Å². The maximum atomic E-state index is 12.7. The van der Waals surface area contributed by atoms with Gasteiger partial charge in [-0.2, -0.15) is 0 Å². The van der Waals surface area contributed by atoms with Crippen molar-refractivity contribution in [3.63, 3.8) is 0 Å². The number of benzene rings is 2. The Balaban J connectivity index is 2.41. The predicted octanol–water partition coefficient (Wildman–Crippen LogP) is 4.47. The maximum Gasteiger partial charge on any atom is 0.178 e. The molecule has 0 aliphatic heterocycles. The summed E-state index contributed by atoms with van der Waals surface area (Å²) in [7, 11) is -4.61. The summed E-state index contributed by atoms with van der Waals surface area (Å²) in [4.78, 5) is 0.453. The van der Waals surface area contributed by atoms with E-state index in [1.807, 2.05) is 42.5 Å². The van der Waals surface area contributed by atoms with Gasteiger partial charge >= 0.3 is 0 Å². The molecule has 0 saturated heterocycles. The van der Waals surface area contributed by atoms with E-state index in [4.69, 9.17) is 0 Å². The van der Waals surface area contributed by atoms with Crippen LogP contribution in [0.4, 0.5) is 0 Å². The summed E-state index contributed by atoms with van der Waals surface area (Å²) in [5.74, 6) is 0.243. The lowest BCUT2D eigenvalue weighted by Gasteiger charge is -2.16. The number of rotatable bonds is 5. The summed E-state index contributed by atoms with van der Waals surface area (Å²) in [5.41, 5.74) is 1.75. The van der Waals surface area contributed by atoms with Gasteiger partial charge in [0.15, 0.2) is 9.84 Å². The van der Waals surface area contributed by atoms with Crippen molar-refractivity contribution < 1.29 is 8.42 Å². The van der Waals surface area contributed by atoms with E-state index in [-0.39, 0.29) is 5.75 Å². The minimum Gasteiger partial charge on any atom is -0.224 e. The Bertz CT molecular complexity index is 701. The van der Waals surface area contributed by atoms with Crippen molar-refractivity contribution in [2.45, 2.75) is 30.6 Å². The molecular weight excluding hydrogens is 296 g/mol. The Labute approximate surface area is 128 Å². The van der Waals surface area contributed by atoms with Crippen molar-refractivity contribution in [1.29, 1.82) is 0 Å². The van der Waals surface area contributed by atoms with Gasteiger partial charge in [-0.05, 0) is 17.7 Å². The number of hydrogen-bond donors (Lipinski definition) is 0. The molecule has 112 valence electrons. The molecule has 0 unspecified atom stereocenters. The van der Waals surface area contributed by atoms with Crippen LogP contribution in [0.1, 0.15) is 0 Å². The number of sulfone groups is 1. The van der Waals surface area contributed by atoms with E-state index in [0.717, 1.165) is 17.2 Å². The Morgan fingerprint density at radius 2 is 1.43 bits per heavy atom. The van der Waals surface area contributed by atoms with Gasteiger partial charge in [0.25, 0.3) is 0 Å². The van der Waals surface area contributed by atoms with Crippen LogP contribution in [0.25, 0.3) is 11.1 Å². The second-order valence-electron chi connectivity index (χ2n) is 6.49. The predicted molar refractivity (Wildman–Crippen MR) is 92.1 cm³/mol. The highest BCUT2D eigenvalue weighted by Gasteiger charge is 2.23. The molecule has 0 saturated carbocycles. The minimum absolute atomic E-state index is 0.243. The van der Waals surface area contributed by atoms with Crippen LogP contribution in [0, 0.1) is 0 Å². The highest BCUT2D eigenvalue weighted by molar-refractivity contribution is 7.91. The fraction of sp³-hybridized carbons (Fsp3) is 0.294. The van der Waals surface area contributed by atoms with Crippen LogP contribution >= 0.6 is 0 Å². The molecule has 0 amide bonds. The molecule has 0 bridgehead atoms. The molecule has 2 aromatic carbocycles. The SMILES string of the molecule is C[Si](C)(C)CCS(=O)(=O)c1ccccc1-c1ccccc1. The first-order chi connectivity index (χ1) is 9.80. The molecule has 21 heavy (non-hydrogen) atoms. The van der Waals surface area contributed by atoms with Crippen LogP contribution < -0.4 is 0 Å². The minimum atomic E-state index is -3.24. The summed E-state index contributed by atoms with van der Waals surface area (Å²) >= 11 is 0. The molecule has 2 nitrogen and oxygen atoms in total. The lowest BCUT2D eigenvalue weighted by Crippen LogP contribution is -2.24. The first kappa shape index (κ1) is 16.0. The molecule has 0 atom stereocenters. The zero-order valence-corrected chi connectivity index (χ0v) is 14.7. The van der Waals surface area contributed by atoms with Gasteiger partial charge in [0.1, 0.15) is 0 Å². The highest BCUT2D eigenvalue weighted by atomic mass is 32.2. The fourth-order valence-electron chi connectivity index (χ4n) is 2.14. The Morgan fingerprint density at radius 3 is 2.05 bits per heavy atom. The van der Waals surface area contributed by atoms with Crippen LogP contribution in [0.15, 0.2) is 59.5 Å². The Kier molecular flexibility index (Phi) is 4.69. The van der Waals surface area contributed by atoms with E-state index in [1.54, 1.807) is 12.1 Å². The fourth-order valence-corrected chi connectivity index (χ4v) is 6.70. The van der Waals surface area contributed by atoms with Gasteiger partial charge < -0.3 is 0 Å². The van der Waals surface area contributed by atoms with Crippen LogP contribution in [-0.2, 0) is 9.84 Å². The zero-order valence-electron chi connectivity index (χ0n) is 12.8. The van der Waals surface area contributed by atoms with E-state index in [0.29, 0.717) is 4.90 Å². The maximum absolute atomic E-state index is 12.7. The molecule has 2 aromatic rings. The van der Waals surface area contributed by atoms with Crippen molar-refractivity contribution in [1.82, 2.24) is 0 Å². The standard InChI is InChI=1S/C17H22O2SSi/c1-21(2,3)14-13-20(18,19)17-12-8-7-11-16(17)15-9-5-4-6-10-15/h4-12H,13-14H2,1-3H3. The zero-order chi connectivity index (χ0) is 15.5. The van der Waals surface area contributed by atoms with Crippen LogP contribution in [0.5, 0.6) is 0 Å². The molecule has 0 heterocycles. The van der Waals surface area contributed by atoms with Gasteiger partial charge in [-0.3, -0.25) is 0 Å². The van der Waals surface area contributed by atoms with Gasteiger partial charge in [-0.25, -0.2) is 8.42 Å². The van der Waals surface area contributed by atoms with E-state index >= 15 is 0 Å². The molecule has 0 aliphatic rings. The summed E-state index contributed by atoms with van der Waals surface area (Å²) < 4.78 is 25.4. The van der Waals surface area contributed by atoms with Gasteiger partial charge in [0.05, 0.1) is 10.6 Å². The van der Waals surface area contributed by atoms with Crippen LogP contribution in [0.3, 0.4) is 0 Å². The largest absolute Gasteiger partial charge is 0.224 e. The average Bonchev–Trinajstić information content (AvgIpc) is 2.46. The van der Waals surface area contributed by atoms with Crippen molar-refractivity contribution in [3.8, 4) is 11.1 Å². The lowest BCUT2D eigenvalue weighted by molar-refractivity contribution is 0.597. The van der Waals surface area contributed by atoms with Gasteiger partial charge in [-0.1, -0.05) is 68.2 Å². The Morgan fingerprint density at radius 1 is 0.857 bits per heavy atom. The van der Waals surface area contributed by atoms with Crippen molar-refractivity contribution >= 4 is 17.9 Å². The molecule has 0 aromatic heterocycles. The van der Waals surface area contributed by atoms with Crippen molar-refractivity contribution in [2.24, 2.45) is 0 Å². The summed E-state index contributed by atoms with van der Waals surface area (Å²) in [6.45, 7) is 6.60. The van der Waals surface area contributed by atoms with E-state index in [2.05, 4.69) is 19.6 Å². The third kappa shape index (κ3) is 4.28. The van der Waals surface area contributed by atoms with Gasteiger partial charge in [-0.15, -0.1) is 0 Å². The third-order valence-electron chi connectivity index (χ3n) is 3.43. The Hall–Kier alpha value is -1.39. The highest BCUT2D eigenvalue weighted by Crippen LogP contribution is 2.28. The third-order valence-corrected chi connectivity index (χ3v) is 7.31. The first-order valence-corrected chi connectivity index (χ1v) is 12.5. The molecule has 0 radical (unpaired) electrons. The van der Waals surface area contributed by atoms with E-state index in [1.165, 1.54) is 0 Å². The van der Waals surface area contributed by atoms with E-state index in [9.17, 15) is 8.42 Å². The van der Waals surface area contributed by atoms with Crippen molar-refractivity contribution in [3.05, 3.63) is 54.6 Å². The first-order valence-electron chi connectivity index (χ1n) is 7.17. The summed E-state index contributed by atoms with van der Waals surface area (Å²) in [6.07, 6.45) is 0. The molecule has 4 heteroatoms. The van der Waals surface area contributed by atoms with Gasteiger partial charge in [0, 0.05) is 13.6 Å². The summed E-state index contributed by atoms with van der Waals surface area (Å²) in [5, 5.41) is 0. The second-order valence-corrected chi connectivity index (χ2v) is 14.2. The molecule has 0 spiro atoms. The number of hydrogen-bond acceptors (Lipinski definition) is 2. The van der Waals surface area contributed by atoms with Crippen LogP contribution in [0.2, 0.25) is 25.7 Å². The van der Waals surface area contributed by atoms with Crippen molar-refractivity contribution in [2.75, 3.05) is 5.75 Å². The van der Waals surface area contributed by atoms with Gasteiger partial charge in [0.2, 0.25) is 0 Å². The smallest absolute Gasteiger partial charge is 0.178 e. The normalized spacial score (nSPS) is 12.3. The second kappa shape index (κ2) is 6.16. The monoisotopic (exact) mass is 318 g/mol. The van der Waals surface area contributed by atoms with E-state index < -0.39 is 17.9 Å². The average molecular weight is 319 g/mol. The molecule has 2 rings (SSSR count). The molecule has 0 aliphatic carbocycles. The quantitative estimate of drug-likeness (QED) is 0.762. The van der Waals surface area contributed by atoms with Crippen LogP contribution in [-0.4, -0.2) is 22.2 Å². The summed E-state index contributed by atoms with van der Waals surface area (Å²) in [6, 6.07) is 17.8.